The molecule has 0 heterocycles. The van der Waals surface area contributed by atoms with Crippen LogP contribution in [0, 0.1) is 0 Å². The topological polar surface area (TPSA) is 343 Å². The molecular formula is H18Ca2O17P4. The van der Waals surface area contributed by atoms with E-state index in [0.717, 1.165) is 0 Å². The normalized spacial score (nSPS) is 10.3. The van der Waals surface area contributed by atoms with Crippen molar-refractivity contribution in [3.63, 3.8) is 0 Å². The zero-order chi connectivity index (χ0) is 18.0. The van der Waals surface area contributed by atoms with Crippen LogP contribution >= 0.6 is 31.3 Å². The summed E-state index contributed by atoms with van der Waals surface area (Å²) in [5, 5.41) is 0. The van der Waals surface area contributed by atoms with Gasteiger partial charge in [-0.2, -0.15) is 0 Å². The Bertz CT molecular complexity index is 306. The Kier molecular flexibility index (Phi) is 38.5. The molecule has 0 radical (unpaired) electrons. The van der Waals surface area contributed by atoms with E-state index in [-0.39, 0.29) is 86.7 Å². The summed E-state index contributed by atoms with van der Waals surface area (Å²) in [5.41, 5.74) is 0. The summed E-state index contributed by atoms with van der Waals surface area (Å²) < 4.78 is 35.5. The SMILES string of the molecule is O.O=P(O)(O)O.O=P(O)(O)O.O=P(O)(O)O.O=P(O)(O)O.[Ca+2].[Ca+2].[H-].[H-].[H-].[H-]. The average molecular weight is 494 g/mol. The first-order valence-electron chi connectivity index (χ1n) is 3.13. The first-order valence-corrected chi connectivity index (χ1v) is 9.39. The van der Waals surface area contributed by atoms with Gasteiger partial charge in [-0.25, -0.2) is 18.3 Å². The van der Waals surface area contributed by atoms with Gasteiger partial charge in [-0.15, -0.1) is 0 Å². The Hall–Kier alpha value is 2.92. The molecule has 0 aliphatic carbocycles. The minimum atomic E-state index is -4.64. The standard InChI is InChI=1S/2Ca.4H3O4P.H2O.4H/c;;4*1-5(2,3)4;;;;;/h;;4*(H3,1,2,3,4);1H2;;;;/q2*+2;;;;;;4*-1. The van der Waals surface area contributed by atoms with Crippen molar-refractivity contribution in [3.05, 3.63) is 0 Å². The molecule has 0 atom stereocenters. The van der Waals surface area contributed by atoms with Crippen molar-refractivity contribution in [2.75, 3.05) is 0 Å². The third-order valence-corrected chi connectivity index (χ3v) is 0. The third-order valence-electron chi connectivity index (χ3n) is 0. The van der Waals surface area contributed by atoms with E-state index >= 15 is 0 Å². The maximum atomic E-state index is 8.88. The Morgan fingerprint density at radius 3 is 0.391 bits per heavy atom. The molecule has 0 rings (SSSR count). The molecular weight excluding hydrogens is 476 g/mol. The molecule has 17 nitrogen and oxygen atoms in total. The summed E-state index contributed by atoms with van der Waals surface area (Å²) in [6, 6.07) is 0. The Labute approximate surface area is 193 Å². The maximum absolute atomic E-state index is 8.88. The molecule has 0 amide bonds. The van der Waals surface area contributed by atoms with Gasteiger partial charge in [-0.1, -0.05) is 0 Å². The fourth-order valence-electron chi connectivity index (χ4n) is 0. The van der Waals surface area contributed by atoms with Crippen LogP contribution in [0.1, 0.15) is 5.71 Å². The van der Waals surface area contributed by atoms with E-state index in [0.29, 0.717) is 0 Å². The summed E-state index contributed by atoms with van der Waals surface area (Å²) in [6.45, 7) is 0. The molecule has 0 aromatic rings. The molecule has 23 heavy (non-hydrogen) atoms. The van der Waals surface area contributed by atoms with Gasteiger partial charge in [-0.05, 0) is 0 Å². The zero-order valence-corrected chi connectivity index (χ0v) is 18.7. The Morgan fingerprint density at radius 1 is 0.391 bits per heavy atom. The molecule has 0 saturated heterocycles. The van der Waals surface area contributed by atoms with E-state index in [1.807, 2.05) is 0 Å². The molecule has 0 aromatic carbocycles. The summed E-state index contributed by atoms with van der Waals surface area (Å²) in [4.78, 5) is 86.2. The Balaban J connectivity index is -0.0000000129. The van der Waals surface area contributed by atoms with Crippen LogP contribution in [-0.2, 0) is 18.3 Å². The van der Waals surface area contributed by atoms with Crippen molar-refractivity contribution < 1.29 is 88.2 Å². The van der Waals surface area contributed by atoms with Crippen molar-refractivity contribution in [3.8, 4) is 0 Å². The van der Waals surface area contributed by atoms with Crippen molar-refractivity contribution >= 4 is 107 Å². The molecule has 0 fully saturated rings. The first kappa shape index (κ1) is 45.0. The van der Waals surface area contributed by atoms with Crippen LogP contribution in [0.4, 0.5) is 0 Å². The van der Waals surface area contributed by atoms with Gasteiger partial charge in [0.15, 0.2) is 0 Å². The minimum absolute atomic E-state index is 0. The Morgan fingerprint density at radius 2 is 0.391 bits per heavy atom. The summed E-state index contributed by atoms with van der Waals surface area (Å²) in [5.74, 6) is 0. The van der Waals surface area contributed by atoms with Crippen LogP contribution < -0.4 is 0 Å². The van der Waals surface area contributed by atoms with Gasteiger partial charge in [0.2, 0.25) is 0 Å². The molecule has 0 aliphatic rings. The van der Waals surface area contributed by atoms with Crippen LogP contribution in [0.5, 0.6) is 0 Å². The van der Waals surface area contributed by atoms with E-state index in [2.05, 4.69) is 0 Å². The van der Waals surface area contributed by atoms with Gasteiger partial charge in [0.25, 0.3) is 0 Å². The summed E-state index contributed by atoms with van der Waals surface area (Å²) >= 11 is 0. The first-order chi connectivity index (χ1) is 8.00. The van der Waals surface area contributed by atoms with E-state index < -0.39 is 31.3 Å². The fraction of sp³-hybridized carbons (Fsp3) is 0. The van der Waals surface area contributed by atoms with Crippen LogP contribution in [0.2, 0.25) is 0 Å². The monoisotopic (exact) mass is 494 g/mol. The fourth-order valence-corrected chi connectivity index (χ4v) is 0. The number of hydrogen-bond acceptors (Lipinski definition) is 4. The minimum Gasteiger partial charge on any atom is -1.00 e. The largest absolute Gasteiger partial charge is 2.00 e. The van der Waals surface area contributed by atoms with Crippen molar-refractivity contribution in [2.45, 2.75) is 0 Å². The van der Waals surface area contributed by atoms with Crippen LogP contribution in [-0.4, -0.2) is 140 Å². The molecule has 144 valence electrons. The summed E-state index contributed by atoms with van der Waals surface area (Å²) in [6.07, 6.45) is 0. The second-order valence-electron chi connectivity index (χ2n) is 2.05. The van der Waals surface area contributed by atoms with E-state index in [4.69, 9.17) is 77.0 Å². The summed E-state index contributed by atoms with van der Waals surface area (Å²) in [7, 11) is -18.6. The van der Waals surface area contributed by atoms with Gasteiger partial charge < -0.3 is 69.9 Å². The number of phosphoric acid groups is 4. The molecule has 0 spiro atoms. The van der Waals surface area contributed by atoms with Crippen LogP contribution in [0.3, 0.4) is 0 Å². The van der Waals surface area contributed by atoms with E-state index in [9.17, 15) is 0 Å². The average Bonchev–Trinajstić information content (AvgIpc) is 1.62. The van der Waals surface area contributed by atoms with Crippen molar-refractivity contribution in [1.29, 1.82) is 0 Å². The quantitative estimate of drug-likeness (QED) is 0.111. The smallest absolute Gasteiger partial charge is 1.00 e. The van der Waals surface area contributed by atoms with Gasteiger partial charge in [0.1, 0.15) is 0 Å². The van der Waals surface area contributed by atoms with Crippen molar-refractivity contribution in [1.82, 2.24) is 0 Å². The molecule has 0 unspecified atom stereocenters. The van der Waals surface area contributed by atoms with Gasteiger partial charge in [-0.3, -0.25) is 0 Å². The maximum Gasteiger partial charge on any atom is 2.00 e. The van der Waals surface area contributed by atoms with Gasteiger partial charge >= 0.3 is 107 Å². The molecule has 0 bridgehead atoms. The second-order valence-corrected chi connectivity index (χ2v) is 6.16. The van der Waals surface area contributed by atoms with Gasteiger partial charge in [0, 0.05) is 0 Å². The number of hydrogen-bond donors (Lipinski definition) is 12. The van der Waals surface area contributed by atoms with Gasteiger partial charge in [0.05, 0.1) is 0 Å². The second kappa shape index (κ2) is 19.7. The predicted octanol–water partition coefficient (Wildman–Crippen LogP) is -4.85. The molecule has 14 N–H and O–H groups in total. The molecule has 0 saturated carbocycles. The number of rotatable bonds is 0. The van der Waals surface area contributed by atoms with Crippen LogP contribution in [0.15, 0.2) is 0 Å². The van der Waals surface area contributed by atoms with E-state index in [1.165, 1.54) is 0 Å². The zero-order valence-electron chi connectivity index (χ0n) is 14.7. The molecule has 0 aliphatic heterocycles. The van der Waals surface area contributed by atoms with Crippen LogP contribution in [0.25, 0.3) is 0 Å². The van der Waals surface area contributed by atoms with Crippen molar-refractivity contribution in [2.24, 2.45) is 0 Å². The molecule has 0 aromatic heterocycles. The predicted molar refractivity (Wildman–Crippen MR) is 76.6 cm³/mol. The molecule has 23 heteroatoms. The third kappa shape index (κ3) is 1540. The van der Waals surface area contributed by atoms with E-state index in [1.54, 1.807) is 0 Å².